The van der Waals surface area contributed by atoms with Crippen molar-refractivity contribution in [1.29, 1.82) is 0 Å². The van der Waals surface area contributed by atoms with Crippen molar-refractivity contribution in [2.75, 3.05) is 5.75 Å². The molecular formula is C10H18O3S. The van der Waals surface area contributed by atoms with Crippen LogP contribution in [0.15, 0.2) is 0 Å². The van der Waals surface area contributed by atoms with E-state index >= 15 is 0 Å². The first kappa shape index (κ1) is 11.7. The minimum Gasteiger partial charge on any atom is -0.298 e. The van der Waals surface area contributed by atoms with Crippen LogP contribution in [0.1, 0.15) is 45.4 Å². The molecule has 1 rings (SSSR count). The van der Waals surface area contributed by atoms with E-state index in [-0.39, 0.29) is 11.5 Å². The lowest BCUT2D eigenvalue weighted by atomic mass is 10.3. The summed E-state index contributed by atoms with van der Waals surface area (Å²) < 4.78 is 23.4. The number of sulfone groups is 1. The Labute approximate surface area is 85.8 Å². The fourth-order valence-electron chi connectivity index (χ4n) is 1.86. The molecule has 0 amide bonds. The molecule has 82 valence electrons. The van der Waals surface area contributed by atoms with Crippen LogP contribution in [0, 0.1) is 0 Å². The second-order valence-corrected chi connectivity index (χ2v) is 6.22. The average Bonchev–Trinajstić information content (AvgIpc) is 2.52. The molecule has 1 unspecified atom stereocenters. The van der Waals surface area contributed by atoms with E-state index in [2.05, 4.69) is 0 Å². The van der Waals surface area contributed by atoms with Crippen LogP contribution in [-0.2, 0) is 14.6 Å². The second kappa shape index (κ2) is 4.91. The van der Waals surface area contributed by atoms with Gasteiger partial charge in [0.1, 0.15) is 5.25 Å². The first-order chi connectivity index (χ1) is 6.58. The number of rotatable bonds is 5. The van der Waals surface area contributed by atoms with Crippen molar-refractivity contribution in [2.45, 2.75) is 50.7 Å². The SMILES string of the molecule is CCCCCS(=O)(=O)C1CCCC1=O. The monoisotopic (exact) mass is 218 g/mol. The molecule has 0 radical (unpaired) electrons. The molecule has 1 aliphatic rings. The highest BCUT2D eigenvalue weighted by Gasteiger charge is 2.35. The molecule has 4 heteroatoms. The van der Waals surface area contributed by atoms with E-state index in [4.69, 9.17) is 0 Å². The summed E-state index contributed by atoms with van der Waals surface area (Å²) in [4.78, 5) is 11.3. The summed E-state index contributed by atoms with van der Waals surface area (Å²) in [6, 6.07) is 0. The van der Waals surface area contributed by atoms with Gasteiger partial charge in [-0.25, -0.2) is 8.42 Å². The van der Waals surface area contributed by atoms with Crippen LogP contribution < -0.4 is 0 Å². The first-order valence-corrected chi connectivity index (χ1v) is 7.03. The van der Waals surface area contributed by atoms with Crippen molar-refractivity contribution >= 4 is 15.6 Å². The van der Waals surface area contributed by atoms with E-state index in [1.54, 1.807) is 0 Å². The Bertz CT molecular complexity index is 292. The minimum atomic E-state index is -3.13. The molecule has 1 aliphatic carbocycles. The highest BCUT2D eigenvalue weighted by Crippen LogP contribution is 2.22. The summed E-state index contributed by atoms with van der Waals surface area (Å²) in [5.74, 6) is 0.124. The van der Waals surface area contributed by atoms with Gasteiger partial charge in [0, 0.05) is 6.42 Å². The van der Waals surface area contributed by atoms with Gasteiger partial charge in [0.05, 0.1) is 5.75 Å². The van der Waals surface area contributed by atoms with Gasteiger partial charge in [-0.15, -0.1) is 0 Å². The zero-order valence-electron chi connectivity index (χ0n) is 8.66. The minimum absolute atomic E-state index is 0.0681. The zero-order chi connectivity index (χ0) is 10.6. The quantitative estimate of drug-likeness (QED) is 0.660. The molecular weight excluding hydrogens is 200 g/mol. The first-order valence-electron chi connectivity index (χ1n) is 5.32. The van der Waals surface area contributed by atoms with Crippen LogP contribution in [0.25, 0.3) is 0 Å². The maximum Gasteiger partial charge on any atom is 0.160 e. The van der Waals surface area contributed by atoms with E-state index < -0.39 is 15.1 Å². The van der Waals surface area contributed by atoms with Gasteiger partial charge in [0.15, 0.2) is 15.6 Å². The van der Waals surface area contributed by atoms with Crippen LogP contribution in [0.5, 0.6) is 0 Å². The smallest absolute Gasteiger partial charge is 0.160 e. The predicted molar refractivity (Wildman–Crippen MR) is 56.0 cm³/mol. The third-order valence-corrected chi connectivity index (χ3v) is 4.94. The predicted octanol–water partition coefficient (Wildman–Crippen LogP) is 1.71. The number of ketones is 1. The van der Waals surface area contributed by atoms with Gasteiger partial charge in [0.25, 0.3) is 0 Å². The van der Waals surface area contributed by atoms with Crippen molar-refractivity contribution < 1.29 is 13.2 Å². The Morgan fingerprint density at radius 3 is 2.57 bits per heavy atom. The van der Waals surface area contributed by atoms with Crippen LogP contribution in [0.4, 0.5) is 0 Å². The number of hydrogen-bond donors (Lipinski definition) is 0. The maximum atomic E-state index is 11.7. The fourth-order valence-corrected chi connectivity index (χ4v) is 3.79. The van der Waals surface area contributed by atoms with E-state index in [1.165, 1.54) is 0 Å². The molecule has 1 saturated carbocycles. The Hall–Kier alpha value is -0.380. The molecule has 0 spiro atoms. The zero-order valence-corrected chi connectivity index (χ0v) is 9.48. The summed E-state index contributed by atoms with van der Waals surface area (Å²) in [7, 11) is -3.13. The number of Topliss-reactive ketones (excluding diaryl/α,β-unsaturated/α-hetero) is 1. The lowest BCUT2D eigenvalue weighted by Gasteiger charge is -2.09. The van der Waals surface area contributed by atoms with Gasteiger partial charge in [0.2, 0.25) is 0 Å². The Balaban J connectivity index is 2.52. The lowest BCUT2D eigenvalue weighted by molar-refractivity contribution is -0.117. The van der Waals surface area contributed by atoms with E-state index in [9.17, 15) is 13.2 Å². The van der Waals surface area contributed by atoms with Gasteiger partial charge in [-0.05, 0) is 19.3 Å². The summed E-state index contributed by atoms with van der Waals surface area (Å²) in [6.07, 6.45) is 4.39. The van der Waals surface area contributed by atoms with Gasteiger partial charge >= 0.3 is 0 Å². The molecule has 0 aliphatic heterocycles. The highest BCUT2D eigenvalue weighted by atomic mass is 32.2. The average molecular weight is 218 g/mol. The van der Waals surface area contributed by atoms with Crippen molar-refractivity contribution in [3.63, 3.8) is 0 Å². The molecule has 3 nitrogen and oxygen atoms in total. The standard InChI is InChI=1S/C10H18O3S/c1-2-3-4-8-14(12,13)10-7-5-6-9(10)11/h10H,2-8H2,1H3. The molecule has 0 bridgehead atoms. The van der Waals surface area contributed by atoms with Gasteiger partial charge in [-0.1, -0.05) is 19.8 Å². The lowest BCUT2D eigenvalue weighted by Crippen LogP contribution is -2.27. The third kappa shape index (κ3) is 2.80. The Kier molecular flexibility index (Phi) is 4.11. The molecule has 1 atom stereocenters. The summed E-state index contributed by atoms with van der Waals surface area (Å²) in [5.41, 5.74) is 0. The van der Waals surface area contributed by atoms with E-state index in [1.807, 2.05) is 6.92 Å². The molecule has 0 aromatic carbocycles. The van der Waals surface area contributed by atoms with Crippen molar-refractivity contribution in [3.8, 4) is 0 Å². The van der Waals surface area contributed by atoms with Gasteiger partial charge in [-0.2, -0.15) is 0 Å². The number of carbonyl (C=O) groups is 1. The van der Waals surface area contributed by atoms with Crippen molar-refractivity contribution in [3.05, 3.63) is 0 Å². The largest absolute Gasteiger partial charge is 0.298 e. The van der Waals surface area contributed by atoms with Crippen LogP contribution in [0.2, 0.25) is 0 Å². The van der Waals surface area contributed by atoms with Crippen LogP contribution in [0.3, 0.4) is 0 Å². The normalized spacial score (nSPS) is 22.9. The molecule has 14 heavy (non-hydrogen) atoms. The van der Waals surface area contributed by atoms with Gasteiger partial charge in [-0.3, -0.25) is 4.79 Å². The number of unbranched alkanes of at least 4 members (excludes halogenated alkanes) is 2. The summed E-state index contributed by atoms with van der Waals surface area (Å²) >= 11 is 0. The molecule has 1 fully saturated rings. The summed E-state index contributed by atoms with van der Waals surface area (Å²) in [6.45, 7) is 2.04. The highest BCUT2D eigenvalue weighted by molar-refractivity contribution is 7.92. The fraction of sp³-hybridized carbons (Fsp3) is 0.900. The van der Waals surface area contributed by atoms with Crippen molar-refractivity contribution in [1.82, 2.24) is 0 Å². The molecule has 0 saturated heterocycles. The van der Waals surface area contributed by atoms with Crippen LogP contribution in [-0.4, -0.2) is 25.2 Å². The number of carbonyl (C=O) groups excluding carboxylic acids is 1. The van der Waals surface area contributed by atoms with Crippen molar-refractivity contribution in [2.24, 2.45) is 0 Å². The van der Waals surface area contributed by atoms with Gasteiger partial charge < -0.3 is 0 Å². The van der Waals surface area contributed by atoms with E-state index in [0.29, 0.717) is 19.3 Å². The maximum absolute atomic E-state index is 11.7. The third-order valence-electron chi connectivity index (χ3n) is 2.71. The number of hydrogen-bond acceptors (Lipinski definition) is 3. The topological polar surface area (TPSA) is 51.2 Å². The molecule has 0 aromatic rings. The second-order valence-electron chi connectivity index (χ2n) is 3.92. The molecule has 0 N–H and O–H groups in total. The van der Waals surface area contributed by atoms with E-state index in [0.717, 1.165) is 19.3 Å². The Morgan fingerprint density at radius 2 is 2.07 bits per heavy atom. The molecule has 0 aromatic heterocycles. The Morgan fingerprint density at radius 1 is 1.36 bits per heavy atom. The van der Waals surface area contributed by atoms with Crippen LogP contribution >= 0.6 is 0 Å². The molecule has 0 heterocycles. The summed E-state index contributed by atoms with van der Waals surface area (Å²) in [5, 5.41) is -0.667.